The Morgan fingerprint density at radius 1 is 1.25 bits per heavy atom. The van der Waals surface area contributed by atoms with Crippen molar-refractivity contribution in [3.8, 4) is 0 Å². The van der Waals surface area contributed by atoms with Gasteiger partial charge in [0.15, 0.2) is 0 Å². The van der Waals surface area contributed by atoms with Gasteiger partial charge < -0.3 is 19.1 Å². The molecule has 0 aliphatic carbocycles. The molecule has 24 heavy (non-hydrogen) atoms. The standard InChI is InChI=1S/C19H29NO4/c1-7-23-15(2)17-11-9-8-10-16(17)14-22-13-12-20(6)18(21)24-19(3,4)5/h8-11H,2,7,12-14H2,1,3-6H3. The fraction of sp³-hybridized carbons (Fsp3) is 0.526. The smallest absolute Gasteiger partial charge is 0.410 e. The maximum atomic E-state index is 11.9. The Kier molecular flexibility index (Phi) is 7.79. The zero-order valence-electron chi connectivity index (χ0n) is 15.4. The van der Waals surface area contributed by atoms with Crippen molar-refractivity contribution in [3.05, 3.63) is 42.0 Å². The van der Waals surface area contributed by atoms with Crippen molar-refractivity contribution in [2.75, 3.05) is 26.8 Å². The average Bonchev–Trinajstić information content (AvgIpc) is 2.50. The SMILES string of the molecule is C=C(OCC)c1ccccc1COCCN(C)C(=O)OC(C)(C)C. The molecule has 0 atom stereocenters. The molecular weight excluding hydrogens is 306 g/mol. The molecule has 1 aromatic carbocycles. The number of rotatable bonds is 8. The first kappa shape index (κ1) is 20.0. The molecule has 0 bridgehead atoms. The van der Waals surface area contributed by atoms with Crippen molar-refractivity contribution in [3.63, 3.8) is 0 Å². The van der Waals surface area contributed by atoms with Gasteiger partial charge in [0.25, 0.3) is 0 Å². The summed E-state index contributed by atoms with van der Waals surface area (Å²) < 4.78 is 16.5. The highest BCUT2D eigenvalue weighted by molar-refractivity contribution is 5.67. The molecule has 0 saturated carbocycles. The summed E-state index contributed by atoms with van der Waals surface area (Å²) >= 11 is 0. The molecule has 134 valence electrons. The number of amides is 1. The third-order valence-corrected chi connectivity index (χ3v) is 3.17. The highest BCUT2D eigenvalue weighted by Crippen LogP contribution is 2.19. The molecule has 0 radical (unpaired) electrons. The summed E-state index contributed by atoms with van der Waals surface area (Å²) in [5.74, 6) is 0.641. The Hall–Kier alpha value is -2.01. The predicted octanol–water partition coefficient (Wildman–Crippen LogP) is 4.08. The second-order valence-electron chi connectivity index (χ2n) is 6.47. The molecule has 0 unspecified atom stereocenters. The number of likely N-dealkylation sites (N-methyl/N-ethyl adjacent to an activating group) is 1. The van der Waals surface area contributed by atoms with Crippen LogP contribution in [0.15, 0.2) is 30.8 Å². The summed E-state index contributed by atoms with van der Waals surface area (Å²) in [6.45, 7) is 13.3. The topological polar surface area (TPSA) is 48.0 Å². The van der Waals surface area contributed by atoms with Crippen LogP contribution >= 0.6 is 0 Å². The van der Waals surface area contributed by atoms with Crippen molar-refractivity contribution < 1.29 is 19.0 Å². The minimum atomic E-state index is -0.495. The van der Waals surface area contributed by atoms with E-state index in [-0.39, 0.29) is 6.09 Å². The van der Waals surface area contributed by atoms with Crippen LogP contribution in [-0.2, 0) is 20.8 Å². The van der Waals surface area contributed by atoms with Crippen LogP contribution in [0, 0.1) is 0 Å². The lowest BCUT2D eigenvalue weighted by molar-refractivity contribution is 0.0221. The lowest BCUT2D eigenvalue weighted by atomic mass is 10.1. The van der Waals surface area contributed by atoms with E-state index in [1.165, 1.54) is 4.90 Å². The number of carbonyl (C=O) groups excluding carboxylic acids is 1. The number of benzene rings is 1. The lowest BCUT2D eigenvalue weighted by Crippen LogP contribution is -2.36. The van der Waals surface area contributed by atoms with Gasteiger partial charge in [0.1, 0.15) is 11.4 Å². The molecule has 0 aliphatic heterocycles. The summed E-state index contributed by atoms with van der Waals surface area (Å²) in [5, 5.41) is 0. The molecule has 0 saturated heterocycles. The summed E-state index contributed by atoms with van der Waals surface area (Å²) in [4.78, 5) is 13.4. The Bertz CT molecular complexity index is 549. The van der Waals surface area contributed by atoms with Crippen LogP contribution < -0.4 is 0 Å². The van der Waals surface area contributed by atoms with E-state index in [1.807, 2.05) is 52.0 Å². The fourth-order valence-corrected chi connectivity index (χ4v) is 1.98. The van der Waals surface area contributed by atoms with Gasteiger partial charge in [0.05, 0.1) is 19.8 Å². The first-order chi connectivity index (χ1) is 11.2. The molecule has 0 fully saturated rings. The van der Waals surface area contributed by atoms with Gasteiger partial charge >= 0.3 is 6.09 Å². The van der Waals surface area contributed by atoms with Crippen LogP contribution in [0.4, 0.5) is 4.79 Å². The molecule has 0 aliphatic rings. The van der Waals surface area contributed by atoms with Gasteiger partial charge in [-0.25, -0.2) is 4.79 Å². The predicted molar refractivity (Wildman–Crippen MR) is 95.6 cm³/mol. The molecular formula is C19H29NO4. The second-order valence-corrected chi connectivity index (χ2v) is 6.47. The Labute approximate surface area is 145 Å². The van der Waals surface area contributed by atoms with Crippen LogP contribution in [0.3, 0.4) is 0 Å². The summed E-state index contributed by atoms with van der Waals surface area (Å²) in [7, 11) is 1.70. The highest BCUT2D eigenvalue weighted by atomic mass is 16.6. The monoisotopic (exact) mass is 335 g/mol. The lowest BCUT2D eigenvalue weighted by Gasteiger charge is -2.24. The van der Waals surface area contributed by atoms with Crippen molar-refractivity contribution in [2.45, 2.75) is 39.9 Å². The Balaban J connectivity index is 2.46. The zero-order valence-corrected chi connectivity index (χ0v) is 15.4. The van der Waals surface area contributed by atoms with E-state index in [9.17, 15) is 4.79 Å². The minimum Gasteiger partial charge on any atom is -0.494 e. The quantitative estimate of drug-likeness (QED) is 0.530. The van der Waals surface area contributed by atoms with E-state index in [0.717, 1.165) is 11.1 Å². The summed E-state index contributed by atoms with van der Waals surface area (Å²) in [5.41, 5.74) is 1.46. The number of nitrogens with zero attached hydrogens (tertiary/aromatic N) is 1. The summed E-state index contributed by atoms with van der Waals surface area (Å²) in [6.07, 6.45) is -0.351. The number of carbonyl (C=O) groups is 1. The van der Waals surface area contributed by atoms with E-state index in [4.69, 9.17) is 14.2 Å². The van der Waals surface area contributed by atoms with Gasteiger partial charge in [-0.1, -0.05) is 30.8 Å². The third kappa shape index (κ3) is 7.04. The van der Waals surface area contributed by atoms with Crippen molar-refractivity contribution in [2.24, 2.45) is 0 Å². The van der Waals surface area contributed by atoms with Crippen LogP contribution in [0.1, 0.15) is 38.8 Å². The molecule has 0 aromatic heterocycles. The van der Waals surface area contributed by atoms with Crippen LogP contribution in [0.25, 0.3) is 5.76 Å². The Morgan fingerprint density at radius 2 is 1.92 bits per heavy atom. The molecule has 1 rings (SSSR count). The second kappa shape index (κ2) is 9.33. The van der Waals surface area contributed by atoms with Crippen molar-refractivity contribution in [1.82, 2.24) is 4.90 Å². The van der Waals surface area contributed by atoms with E-state index in [2.05, 4.69) is 6.58 Å². The van der Waals surface area contributed by atoms with Crippen LogP contribution in [0.2, 0.25) is 0 Å². The maximum absolute atomic E-state index is 11.9. The molecule has 5 nitrogen and oxygen atoms in total. The zero-order chi connectivity index (χ0) is 18.2. The minimum absolute atomic E-state index is 0.351. The summed E-state index contributed by atoms with van der Waals surface area (Å²) in [6, 6.07) is 7.84. The highest BCUT2D eigenvalue weighted by Gasteiger charge is 2.19. The van der Waals surface area contributed by atoms with Crippen molar-refractivity contribution >= 4 is 11.9 Å². The number of hydrogen-bond acceptors (Lipinski definition) is 4. The van der Waals surface area contributed by atoms with Gasteiger partial charge in [0, 0.05) is 19.2 Å². The van der Waals surface area contributed by atoms with Gasteiger partial charge in [-0.2, -0.15) is 0 Å². The normalized spacial score (nSPS) is 11.0. The molecule has 0 heterocycles. The number of ether oxygens (including phenoxy) is 3. The maximum Gasteiger partial charge on any atom is 0.410 e. The molecule has 5 heteroatoms. The first-order valence-electron chi connectivity index (χ1n) is 8.16. The molecule has 0 spiro atoms. The van der Waals surface area contributed by atoms with E-state index in [0.29, 0.717) is 32.1 Å². The average molecular weight is 335 g/mol. The Morgan fingerprint density at radius 3 is 2.54 bits per heavy atom. The fourth-order valence-electron chi connectivity index (χ4n) is 1.98. The van der Waals surface area contributed by atoms with Gasteiger partial charge in [-0.05, 0) is 33.3 Å². The first-order valence-corrected chi connectivity index (χ1v) is 8.16. The van der Waals surface area contributed by atoms with Gasteiger partial charge in [-0.3, -0.25) is 0 Å². The number of hydrogen-bond donors (Lipinski definition) is 0. The molecule has 1 amide bonds. The third-order valence-electron chi connectivity index (χ3n) is 3.17. The van der Waals surface area contributed by atoms with Crippen molar-refractivity contribution in [1.29, 1.82) is 0 Å². The van der Waals surface area contributed by atoms with Gasteiger partial charge in [-0.15, -0.1) is 0 Å². The van der Waals surface area contributed by atoms with E-state index in [1.54, 1.807) is 7.05 Å². The molecule has 1 aromatic rings. The van der Waals surface area contributed by atoms with Crippen LogP contribution in [-0.4, -0.2) is 43.4 Å². The molecule has 0 N–H and O–H groups in total. The van der Waals surface area contributed by atoms with E-state index < -0.39 is 5.60 Å². The van der Waals surface area contributed by atoms with E-state index >= 15 is 0 Å². The van der Waals surface area contributed by atoms with Crippen LogP contribution in [0.5, 0.6) is 0 Å². The largest absolute Gasteiger partial charge is 0.494 e. The van der Waals surface area contributed by atoms with Gasteiger partial charge in [0.2, 0.25) is 0 Å².